The van der Waals surface area contributed by atoms with E-state index in [2.05, 4.69) is 36.1 Å². The summed E-state index contributed by atoms with van der Waals surface area (Å²) in [4.78, 5) is 35.4. The molecule has 0 bridgehead atoms. The molecule has 2 aromatic carbocycles. The van der Waals surface area contributed by atoms with E-state index in [-0.39, 0.29) is 34.1 Å². The van der Waals surface area contributed by atoms with Gasteiger partial charge in [-0.2, -0.15) is 0 Å². The zero-order chi connectivity index (χ0) is 25.4. The highest BCUT2D eigenvalue weighted by Crippen LogP contribution is 2.27. The first-order valence-corrected chi connectivity index (χ1v) is 12.2. The van der Waals surface area contributed by atoms with Crippen LogP contribution >= 0.6 is 0 Å². The zero-order valence-corrected chi connectivity index (χ0v) is 20.7. The molecule has 1 fully saturated rings. The van der Waals surface area contributed by atoms with Crippen LogP contribution in [0.25, 0.3) is 11.2 Å². The Morgan fingerprint density at radius 3 is 2.53 bits per heavy atom. The van der Waals surface area contributed by atoms with Crippen molar-refractivity contribution >= 4 is 17.1 Å². The van der Waals surface area contributed by atoms with Gasteiger partial charge in [0.25, 0.3) is 11.5 Å². The average molecular weight is 489 g/mol. The Bertz CT molecular complexity index is 1450. The van der Waals surface area contributed by atoms with Crippen LogP contribution in [0.1, 0.15) is 66.8 Å². The molecule has 0 aliphatic carbocycles. The normalized spacial score (nSPS) is 16.4. The fraction of sp³-hybridized carbons (Fsp3) is 0.370. The van der Waals surface area contributed by atoms with E-state index in [9.17, 15) is 14.0 Å². The molecule has 3 heterocycles. The van der Waals surface area contributed by atoms with Crippen LogP contribution in [0.2, 0.25) is 0 Å². The summed E-state index contributed by atoms with van der Waals surface area (Å²) in [6.45, 7) is 7.87. The number of halogens is 1. The first-order valence-electron chi connectivity index (χ1n) is 12.2. The summed E-state index contributed by atoms with van der Waals surface area (Å²) in [6, 6.07) is 13.9. The highest BCUT2D eigenvalue weighted by Gasteiger charge is 2.28. The average Bonchev–Trinajstić information content (AvgIpc) is 3.28. The van der Waals surface area contributed by atoms with Crippen LogP contribution in [0.15, 0.2) is 53.3 Å². The van der Waals surface area contributed by atoms with Crippen LogP contribution in [0.5, 0.6) is 0 Å². The summed E-state index contributed by atoms with van der Waals surface area (Å²) < 4.78 is 14.8. The molecule has 1 atom stereocenters. The van der Waals surface area contributed by atoms with Gasteiger partial charge in [-0.25, -0.2) is 14.1 Å². The molecule has 1 N–H and O–H groups in total. The van der Waals surface area contributed by atoms with Crippen molar-refractivity contribution in [2.75, 3.05) is 13.1 Å². The van der Waals surface area contributed by atoms with Crippen LogP contribution < -0.4 is 5.56 Å². The summed E-state index contributed by atoms with van der Waals surface area (Å²) in [5, 5.41) is 8.09. The molecule has 0 radical (unpaired) electrons. The lowest BCUT2D eigenvalue weighted by Gasteiger charge is -2.32. The summed E-state index contributed by atoms with van der Waals surface area (Å²) in [6.07, 6.45) is 1.62. The van der Waals surface area contributed by atoms with Gasteiger partial charge in [-0.05, 0) is 53.6 Å². The van der Waals surface area contributed by atoms with Gasteiger partial charge in [-0.3, -0.25) is 9.59 Å². The number of carbonyl (C=O) groups excluding carboxylic acids is 1. The second-order valence-electron chi connectivity index (χ2n) is 10.4. The van der Waals surface area contributed by atoms with Crippen molar-refractivity contribution in [2.45, 2.75) is 51.5 Å². The number of rotatable bonds is 4. The minimum absolute atomic E-state index is 0.0199. The van der Waals surface area contributed by atoms with Crippen molar-refractivity contribution in [1.82, 2.24) is 29.9 Å². The number of nitrogens with zero attached hydrogens (tertiary/aromatic N) is 5. The summed E-state index contributed by atoms with van der Waals surface area (Å²) >= 11 is 0. The Hall–Kier alpha value is -3.88. The van der Waals surface area contributed by atoms with Crippen LogP contribution in [0.3, 0.4) is 0 Å². The maximum atomic E-state index is 13.3. The van der Waals surface area contributed by atoms with Crippen LogP contribution in [-0.2, 0) is 12.0 Å². The third-order valence-electron chi connectivity index (χ3n) is 6.73. The number of carbonyl (C=O) groups is 1. The van der Waals surface area contributed by atoms with Crippen molar-refractivity contribution in [3.63, 3.8) is 0 Å². The van der Waals surface area contributed by atoms with E-state index in [1.54, 1.807) is 16.8 Å². The first kappa shape index (κ1) is 23.8. The second kappa shape index (κ2) is 9.29. The number of H-pyrrole nitrogens is 1. The molecule has 186 valence electrons. The van der Waals surface area contributed by atoms with Crippen LogP contribution in [0.4, 0.5) is 4.39 Å². The zero-order valence-electron chi connectivity index (χ0n) is 20.7. The van der Waals surface area contributed by atoms with E-state index in [0.29, 0.717) is 36.7 Å². The number of nitrogens with one attached hydrogen (secondary N) is 1. The molecule has 1 unspecified atom stereocenters. The van der Waals surface area contributed by atoms with E-state index in [4.69, 9.17) is 4.98 Å². The van der Waals surface area contributed by atoms with Gasteiger partial charge in [0, 0.05) is 24.6 Å². The maximum Gasteiger partial charge on any atom is 0.281 e. The molecular weight excluding hydrogens is 459 g/mol. The number of likely N-dealkylation sites (tertiary alicyclic amines) is 1. The largest absolute Gasteiger partial charge is 0.338 e. The van der Waals surface area contributed by atoms with E-state index < -0.39 is 0 Å². The lowest BCUT2D eigenvalue weighted by molar-refractivity contribution is 0.0704. The number of hydrogen-bond donors (Lipinski definition) is 1. The predicted octanol–water partition coefficient (Wildman–Crippen LogP) is 4.02. The summed E-state index contributed by atoms with van der Waals surface area (Å²) in [7, 11) is 0. The lowest BCUT2D eigenvalue weighted by Crippen LogP contribution is -2.40. The van der Waals surface area contributed by atoms with E-state index >= 15 is 0 Å². The van der Waals surface area contributed by atoms with Gasteiger partial charge >= 0.3 is 0 Å². The Kier molecular flexibility index (Phi) is 6.15. The maximum absolute atomic E-state index is 13.3. The lowest BCUT2D eigenvalue weighted by atomic mass is 9.86. The van der Waals surface area contributed by atoms with Crippen molar-refractivity contribution in [2.24, 2.45) is 0 Å². The summed E-state index contributed by atoms with van der Waals surface area (Å²) in [5.74, 6) is 0.0748. The number of fused-ring (bicyclic) bond motifs is 1. The second-order valence-corrected chi connectivity index (χ2v) is 10.4. The Balaban J connectivity index is 1.38. The molecule has 9 heteroatoms. The van der Waals surface area contributed by atoms with E-state index in [1.807, 2.05) is 29.2 Å². The third-order valence-corrected chi connectivity index (χ3v) is 6.73. The van der Waals surface area contributed by atoms with Crippen LogP contribution in [-0.4, -0.2) is 48.9 Å². The topological polar surface area (TPSA) is 96.8 Å². The highest BCUT2D eigenvalue weighted by atomic mass is 19.1. The number of piperidine rings is 1. The minimum Gasteiger partial charge on any atom is -0.338 e. The Morgan fingerprint density at radius 1 is 1.11 bits per heavy atom. The fourth-order valence-electron chi connectivity index (χ4n) is 4.63. The molecule has 1 aliphatic heterocycles. The molecule has 0 spiro atoms. The number of benzene rings is 2. The van der Waals surface area contributed by atoms with Gasteiger partial charge < -0.3 is 9.88 Å². The molecule has 36 heavy (non-hydrogen) atoms. The van der Waals surface area contributed by atoms with E-state index in [1.165, 1.54) is 17.7 Å². The van der Waals surface area contributed by atoms with Gasteiger partial charge in [0.2, 0.25) is 0 Å². The Labute approximate surface area is 208 Å². The highest BCUT2D eigenvalue weighted by molar-refractivity contribution is 5.94. The number of aromatic amines is 1. The smallest absolute Gasteiger partial charge is 0.281 e. The van der Waals surface area contributed by atoms with Gasteiger partial charge in [-0.1, -0.05) is 50.3 Å². The standard InChI is InChI=1S/C27H29FN6O2/c1-27(2,3)20-10-8-18(9-11-20)26(36)33-14-4-5-19(16-33)23-29-24-22(25(35)30-23)31-32-34(24)15-17-6-12-21(28)13-7-17/h6-13,19H,4-5,14-16H2,1-3H3,(H,29,30,35). The molecule has 1 amide bonds. The molecular formula is C27H29FN6O2. The van der Waals surface area contributed by atoms with Gasteiger partial charge in [-0.15, -0.1) is 5.10 Å². The monoisotopic (exact) mass is 488 g/mol. The quantitative estimate of drug-likeness (QED) is 0.468. The number of amides is 1. The SMILES string of the molecule is CC(C)(C)c1ccc(C(=O)N2CCCC(c3nc4c(nnn4Cc4ccc(F)cc4)c(=O)[nH]3)C2)cc1. The molecule has 4 aromatic rings. The summed E-state index contributed by atoms with van der Waals surface area (Å²) in [5.41, 5.74) is 2.84. The third kappa shape index (κ3) is 4.78. The molecule has 8 nitrogen and oxygen atoms in total. The molecule has 1 aliphatic rings. The van der Waals surface area contributed by atoms with Crippen molar-refractivity contribution in [1.29, 1.82) is 0 Å². The van der Waals surface area contributed by atoms with Gasteiger partial charge in [0.1, 0.15) is 11.6 Å². The predicted molar refractivity (Wildman–Crippen MR) is 134 cm³/mol. The molecule has 1 saturated heterocycles. The van der Waals surface area contributed by atoms with Gasteiger partial charge in [0.05, 0.1) is 6.54 Å². The number of aromatic nitrogens is 5. The van der Waals surface area contributed by atoms with Crippen molar-refractivity contribution in [3.05, 3.63) is 87.2 Å². The molecule has 5 rings (SSSR count). The first-order chi connectivity index (χ1) is 17.2. The number of hydrogen-bond acceptors (Lipinski definition) is 5. The van der Waals surface area contributed by atoms with Crippen molar-refractivity contribution < 1.29 is 9.18 Å². The fourth-order valence-corrected chi connectivity index (χ4v) is 4.63. The Morgan fingerprint density at radius 2 is 1.83 bits per heavy atom. The molecule has 0 saturated carbocycles. The van der Waals surface area contributed by atoms with E-state index in [0.717, 1.165) is 18.4 Å². The van der Waals surface area contributed by atoms with Gasteiger partial charge in [0.15, 0.2) is 11.2 Å². The minimum atomic E-state index is -0.360. The molecule has 2 aromatic heterocycles. The van der Waals surface area contributed by atoms with Crippen LogP contribution in [0, 0.1) is 5.82 Å². The van der Waals surface area contributed by atoms with Crippen molar-refractivity contribution in [3.8, 4) is 0 Å².